The average molecular weight is 372 g/mol. The van der Waals surface area contributed by atoms with E-state index in [1.54, 1.807) is 4.90 Å². The van der Waals surface area contributed by atoms with Crippen molar-refractivity contribution in [2.45, 2.75) is 45.4 Å². The summed E-state index contributed by atoms with van der Waals surface area (Å²) in [7, 11) is 0. The first-order valence-corrected chi connectivity index (χ1v) is 10.2. The molecule has 3 aliphatic rings. The van der Waals surface area contributed by atoms with E-state index < -0.39 is 0 Å². The van der Waals surface area contributed by atoms with Crippen LogP contribution >= 0.6 is 0 Å². The fourth-order valence-corrected chi connectivity index (χ4v) is 4.84. The Kier molecular flexibility index (Phi) is 4.95. The summed E-state index contributed by atoms with van der Waals surface area (Å²) in [5.41, 5.74) is 1.24. The Morgan fingerprint density at radius 3 is 2.44 bits per heavy atom. The Morgan fingerprint density at radius 2 is 1.81 bits per heavy atom. The minimum absolute atomic E-state index is 0.0829. The van der Waals surface area contributed by atoms with Crippen LogP contribution in [0.25, 0.3) is 0 Å². The number of benzene rings is 1. The molecule has 1 aliphatic carbocycles. The van der Waals surface area contributed by atoms with Crippen molar-refractivity contribution in [1.82, 2.24) is 9.80 Å². The molecule has 2 heterocycles. The zero-order valence-corrected chi connectivity index (χ0v) is 16.1. The van der Waals surface area contributed by atoms with Gasteiger partial charge in [0.2, 0.25) is 11.8 Å². The first-order chi connectivity index (χ1) is 12.9. The van der Waals surface area contributed by atoms with Gasteiger partial charge in [0.25, 0.3) is 0 Å². The summed E-state index contributed by atoms with van der Waals surface area (Å²) in [5.74, 6) is 1.23. The molecule has 1 aromatic carbocycles. The number of hydrogen-bond donors (Lipinski definition) is 0. The molecule has 2 aliphatic heterocycles. The predicted octanol–water partition coefficient (Wildman–Crippen LogP) is 3.26. The van der Waals surface area contributed by atoms with E-state index in [0.717, 1.165) is 44.5 Å². The maximum absolute atomic E-state index is 13.0. The van der Waals surface area contributed by atoms with Gasteiger partial charge >= 0.3 is 0 Å². The molecule has 0 bridgehead atoms. The van der Waals surface area contributed by atoms with E-state index in [-0.39, 0.29) is 29.6 Å². The molecule has 3 fully saturated rings. The summed E-state index contributed by atoms with van der Waals surface area (Å²) >= 11 is 0. The lowest BCUT2D eigenvalue weighted by molar-refractivity contribution is -0.139. The van der Waals surface area contributed by atoms with Crippen LogP contribution in [0, 0.1) is 23.1 Å². The molecule has 1 aromatic rings. The molecule has 2 saturated heterocycles. The zero-order chi connectivity index (χ0) is 19.0. The van der Waals surface area contributed by atoms with Crippen molar-refractivity contribution in [3.05, 3.63) is 35.6 Å². The standard InChI is InChI=1S/C22H29FN2O2/c1-22(18-4-5-18)13-20(26)25(15-22)14-21(27)24-10-8-17(9-11-24)12-16-2-6-19(23)7-3-16/h2-3,6-7,17-18H,4-5,8-15H2,1H3/t22-/m0/s1. The van der Waals surface area contributed by atoms with Crippen molar-refractivity contribution in [1.29, 1.82) is 0 Å². The van der Waals surface area contributed by atoms with Gasteiger partial charge in [-0.25, -0.2) is 4.39 Å². The molecule has 0 radical (unpaired) electrons. The molecule has 0 unspecified atom stereocenters. The summed E-state index contributed by atoms with van der Waals surface area (Å²) in [6.07, 6.45) is 5.94. The van der Waals surface area contributed by atoms with Gasteiger partial charge in [-0.2, -0.15) is 0 Å². The fraction of sp³-hybridized carbons (Fsp3) is 0.636. The monoisotopic (exact) mass is 372 g/mol. The number of nitrogens with zero attached hydrogens (tertiary/aromatic N) is 2. The Hall–Kier alpha value is -1.91. The van der Waals surface area contributed by atoms with Crippen molar-refractivity contribution in [3.63, 3.8) is 0 Å². The van der Waals surface area contributed by atoms with Crippen LogP contribution in [-0.4, -0.2) is 47.8 Å². The molecular formula is C22H29FN2O2. The van der Waals surface area contributed by atoms with Crippen molar-refractivity contribution < 1.29 is 14.0 Å². The molecule has 2 amide bonds. The van der Waals surface area contributed by atoms with Gasteiger partial charge in [0, 0.05) is 26.1 Å². The van der Waals surface area contributed by atoms with Crippen LogP contribution in [0.3, 0.4) is 0 Å². The quantitative estimate of drug-likeness (QED) is 0.796. The molecule has 0 spiro atoms. The Bertz CT molecular complexity index is 708. The molecule has 27 heavy (non-hydrogen) atoms. The second-order valence-electron chi connectivity index (χ2n) is 9.01. The molecular weight excluding hydrogens is 343 g/mol. The first kappa shape index (κ1) is 18.5. The van der Waals surface area contributed by atoms with Crippen LogP contribution in [0.4, 0.5) is 4.39 Å². The SMILES string of the molecule is C[C@]1(C2CC2)CC(=O)N(CC(=O)N2CCC(Cc3ccc(F)cc3)CC2)C1. The highest BCUT2D eigenvalue weighted by Crippen LogP contribution is 2.50. The van der Waals surface area contributed by atoms with Crippen LogP contribution in [-0.2, 0) is 16.0 Å². The van der Waals surface area contributed by atoms with Gasteiger partial charge in [-0.05, 0) is 67.1 Å². The topological polar surface area (TPSA) is 40.6 Å². The third-order valence-corrected chi connectivity index (χ3v) is 6.75. The van der Waals surface area contributed by atoms with Crippen LogP contribution < -0.4 is 0 Å². The Labute approximate surface area is 160 Å². The average Bonchev–Trinajstić information content (AvgIpc) is 3.45. The van der Waals surface area contributed by atoms with E-state index in [4.69, 9.17) is 0 Å². The zero-order valence-electron chi connectivity index (χ0n) is 16.1. The van der Waals surface area contributed by atoms with Crippen molar-refractivity contribution >= 4 is 11.8 Å². The number of hydrogen-bond acceptors (Lipinski definition) is 2. The normalized spacial score (nSPS) is 26.7. The van der Waals surface area contributed by atoms with E-state index in [9.17, 15) is 14.0 Å². The molecule has 0 aromatic heterocycles. The third-order valence-electron chi connectivity index (χ3n) is 6.75. The minimum Gasteiger partial charge on any atom is -0.341 e. The molecule has 4 rings (SSSR count). The van der Waals surface area contributed by atoms with Crippen LogP contribution in [0.15, 0.2) is 24.3 Å². The van der Waals surface area contributed by atoms with E-state index in [2.05, 4.69) is 6.92 Å². The number of rotatable bonds is 5. The van der Waals surface area contributed by atoms with Gasteiger partial charge in [0.05, 0.1) is 6.54 Å². The predicted molar refractivity (Wildman–Crippen MR) is 101 cm³/mol. The maximum atomic E-state index is 13.0. The maximum Gasteiger partial charge on any atom is 0.242 e. The van der Waals surface area contributed by atoms with Gasteiger partial charge in [0.15, 0.2) is 0 Å². The summed E-state index contributed by atoms with van der Waals surface area (Å²) in [5, 5.41) is 0. The summed E-state index contributed by atoms with van der Waals surface area (Å²) in [4.78, 5) is 28.7. The van der Waals surface area contributed by atoms with Gasteiger partial charge in [0.1, 0.15) is 5.82 Å². The van der Waals surface area contributed by atoms with E-state index in [0.29, 0.717) is 18.3 Å². The smallest absolute Gasteiger partial charge is 0.242 e. The largest absolute Gasteiger partial charge is 0.341 e. The highest BCUT2D eigenvalue weighted by Gasteiger charge is 2.49. The van der Waals surface area contributed by atoms with Crippen LogP contribution in [0.2, 0.25) is 0 Å². The molecule has 0 N–H and O–H groups in total. The van der Waals surface area contributed by atoms with Crippen molar-refractivity contribution in [2.75, 3.05) is 26.2 Å². The highest BCUT2D eigenvalue weighted by atomic mass is 19.1. The highest BCUT2D eigenvalue weighted by molar-refractivity contribution is 5.86. The van der Waals surface area contributed by atoms with Gasteiger partial charge < -0.3 is 9.80 Å². The second kappa shape index (κ2) is 7.25. The van der Waals surface area contributed by atoms with Gasteiger partial charge in [-0.1, -0.05) is 19.1 Å². The van der Waals surface area contributed by atoms with Gasteiger partial charge in [-0.3, -0.25) is 9.59 Å². The van der Waals surface area contributed by atoms with Crippen LogP contribution in [0.1, 0.15) is 44.6 Å². The van der Waals surface area contributed by atoms with Gasteiger partial charge in [-0.15, -0.1) is 0 Å². The van der Waals surface area contributed by atoms with Crippen LogP contribution in [0.5, 0.6) is 0 Å². The third kappa shape index (κ3) is 4.17. The lowest BCUT2D eigenvalue weighted by atomic mass is 9.84. The summed E-state index contributed by atoms with van der Waals surface area (Å²) < 4.78 is 13.0. The molecule has 1 atom stereocenters. The minimum atomic E-state index is -0.201. The number of amides is 2. The molecule has 146 valence electrons. The molecule has 5 heteroatoms. The number of carbonyl (C=O) groups excluding carboxylic acids is 2. The number of carbonyl (C=O) groups is 2. The summed E-state index contributed by atoms with van der Waals surface area (Å²) in [6.45, 7) is 4.69. The Morgan fingerprint density at radius 1 is 1.15 bits per heavy atom. The van der Waals surface area contributed by atoms with E-state index >= 15 is 0 Å². The van der Waals surface area contributed by atoms with E-state index in [1.807, 2.05) is 17.0 Å². The number of likely N-dealkylation sites (tertiary alicyclic amines) is 2. The summed E-state index contributed by atoms with van der Waals surface area (Å²) in [6, 6.07) is 6.72. The number of halogens is 1. The lowest BCUT2D eigenvalue weighted by Crippen LogP contribution is -2.45. The van der Waals surface area contributed by atoms with Crippen molar-refractivity contribution in [3.8, 4) is 0 Å². The molecule has 1 saturated carbocycles. The fourth-order valence-electron chi connectivity index (χ4n) is 4.84. The number of piperidine rings is 1. The second-order valence-corrected chi connectivity index (χ2v) is 9.01. The van der Waals surface area contributed by atoms with E-state index in [1.165, 1.54) is 25.0 Å². The lowest BCUT2D eigenvalue weighted by Gasteiger charge is -2.33. The first-order valence-electron chi connectivity index (χ1n) is 10.2. The van der Waals surface area contributed by atoms with Crippen molar-refractivity contribution in [2.24, 2.45) is 17.3 Å². The Balaban J connectivity index is 1.25. The molecule has 4 nitrogen and oxygen atoms in total.